The van der Waals surface area contributed by atoms with E-state index in [4.69, 9.17) is 10.5 Å². The SMILES string of the molecule is CCOc1cc(SC2CCCC(C)C2)ccc1N. The first-order valence-corrected chi connectivity index (χ1v) is 7.76. The van der Waals surface area contributed by atoms with Crippen LogP contribution in [0.2, 0.25) is 0 Å². The maximum Gasteiger partial charge on any atom is 0.143 e. The molecule has 0 amide bonds. The van der Waals surface area contributed by atoms with E-state index in [1.54, 1.807) is 0 Å². The predicted octanol–water partition coefficient (Wildman–Crippen LogP) is 4.34. The minimum atomic E-state index is 0.665. The highest BCUT2D eigenvalue weighted by Gasteiger charge is 2.20. The molecule has 100 valence electrons. The van der Waals surface area contributed by atoms with Crippen LogP contribution in [-0.2, 0) is 0 Å². The molecule has 2 unspecified atom stereocenters. The summed E-state index contributed by atoms with van der Waals surface area (Å²) in [5, 5.41) is 0.756. The molecule has 1 aliphatic carbocycles. The van der Waals surface area contributed by atoms with Gasteiger partial charge in [0.1, 0.15) is 5.75 Å². The second-order valence-electron chi connectivity index (χ2n) is 5.14. The van der Waals surface area contributed by atoms with Crippen LogP contribution in [0.15, 0.2) is 23.1 Å². The molecule has 1 aliphatic rings. The molecule has 0 heterocycles. The van der Waals surface area contributed by atoms with Gasteiger partial charge in [0, 0.05) is 10.1 Å². The number of hydrogen-bond donors (Lipinski definition) is 1. The Hall–Kier alpha value is -0.830. The zero-order chi connectivity index (χ0) is 13.0. The van der Waals surface area contributed by atoms with Crippen molar-refractivity contribution in [3.63, 3.8) is 0 Å². The summed E-state index contributed by atoms with van der Waals surface area (Å²) < 4.78 is 5.55. The Kier molecular flexibility index (Phi) is 4.81. The second-order valence-corrected chi connectivity index (χ2v) is 6.52. The average molecular weight is 265 g/mol. The third-order valence-electron chi connectivity index (χ3n) is 3.48. The predicted molar refractivity (Wildman–Crippen MR) is 79.3 cm³/mol. The first-order chi connectivity index (χ1) is 8.69. The second kappa shape index (κ2) is 6.37. The number of rotatable bonds is 4. The van der Waals surface area contributed by atoms with Gasteiger partial charge in [0.2, 0.25) is 0 Å². The lowest BCUT2D eigenvalue weighted by Crippen LogP contribution is -2.14. The molecule has 0 bridgehead atoms. The third kappa shape index (κ3) is 3.58. The van der Waals surface area contributed by atoms with Crippen molar-refractivity contribution in [3.8, 4) is 5.75 Å². The summed E-state index contributed by atoms with van der Waals surface area (Å²) in [5.41, 5.74) is 6.63. The van der Waals surface area contributed by atoms with Crippen LogP contribution in [0.3, 0.4) is 0 Å². The first kappa shape index (κ1) is 13.6. The van der Waals surface area contributed by atoms with Crippen molar-refractivity contribution in [2.45, 2.75) is 49.7 Å². The summed E-state index contributed by atoms with van der Waals surface area (Å²) in [6, 6.07) is 6.16. The minimum absolute atomic E-state index is 0.665. The number of hydrogen-bond acceptors (Lipinski definition) is 3. The molecule has 1 fully saturated rings. The Bertz CT molecular complexity index is 394. The highest BCUT2D eigenvalue weighted by molar-refractivity contribution is 8.00. The van der Waals surface area contributed by atoms with E-state index in [1.165, 1.54) is 30.6 Å². The Labute approximate surface area is 114 Å². The molecule has 0 aromatic heterocycles. The Morgan fingerprint density at radius 1 is 1.39 bits per heavy atom. The van der Waals surface area contributed by atoms with E-state index in [2.05, 4.69) is 19.1 Å². The van der Waals surface area contributed by atoms with Crippen LogP contribution < -0.4 is 10.5 Å². The van der Waals surface area contributed by atoms with E-state index in [-0.39, 0.29) is 0 Å². The number of nitrogens with two attached hydrogens (primary N) is 1. The van der Waals surface area contributed by atoms with E-state index in [9.17, 15) is 0 Å². The number of ether oxygens (including phenoxy) is 1. The number of anilines is 1. The van der Waals surface area contributed by atoms with Crippen molar-refractivity contribution in [2.24, 2.45) is 5.92 Å². The first-order valence-electron chi connectivity index (χ1n) is 6.88. The van der Waals surface area contributed by atoms with Crippen LogP contribution in [0.1, 0.15) is 39.5 Å². The molecule has 2 nitrogen and oxygen atoms in total. The standard InChI is InChI=1S/C15H23NOS/c1-3-17-15-10-13(7-8-14(15)16)18-12-6-4-5-11(2)9-12/h7-8,10-12H,3-6,9,16H2,1-2H3. The molecular formula is C15H23NOS. The van der Waals surface area contributed by atoms with E-state index < -0.39 is 0 Å². The summed E-state index contributed by atoms with van der Waals surface area (Å²) in [6.07, 6.45) is 5.43. The summed E-state index contributed by atoms with van der Waals surface area (Å²) in [6.45, 7) is 5.02. The molecular weight excluding hydrogens is 242 g/mol. The van der Waals surface area contributed by atoms with E-state index in [0.717, 1.165) is 22.6 Å². The molecule has 2 rings (SSSR count). The fourth-order valence-corrected chi connectivity index (χ4v) is 3.96. The van der Waals surface area contributed by atoms with Crippen molar-refractivity contribution in [1.82, 2.24) is 0 Å². The topological polar surface area (TPSA) is 35.2 Å². The smallest absolute Gasteiger partial charge is 0.143 e. The van der Waals surface area contributed by atoms with Crippen LogP contribution in [0.25, 0.3) is 0 Å². The molecule has 0 saturated heterocycles. The highest BCUT2D eigenvalue weighted by atomic mass is 32.2. The lowest BCUT2D eigenvalue weighted by molar-refractivity contribution is 0.341. The Morgan fingerprint density at radius 3 is 2.94 bits per heavy atom. The van der Waals surface area contributed by atoms with Crippen molar-refractivity contribution in [2.75, 3.05) is 12.3 Å². The molecule has 2 N–H and O–H groups in total. The van der Waals surface area contributed by atoms with Crippen LogP contribution in [0.5, 0.6) is 5.75 Å². The normalized spacial score (nSPS) is 23.9. The monoisotopic (exact) mass is 265 g/mol. The van der Waals surface area contributed by atoms with E-state index in [1.807, 2.05) is 24.8 Å². The van der Waals surface area contributed by atoms with Gasteiger partial charge < -0.3 is 10.5 Å². The van der Waals surface area contributed by atoms with Gasteiger partial charge >= 0.3 is 0 Å². The van der Waals surface area contributed by atoms with E-state index in [0.29, 0.717) is 6.61 Å². The lowest BCUT2D eigenvalue weighted by atomic mass is 9.91. The van der Waals surface area contributed by atoms with Crippen molar-refractivity contribution >= 4 is 17.4 Å². The van der Waals surface area contributed by atoms with Crippen LogP contribution in [0.4, 0.5) is 5.69 Å². The summed E-state index contributed by atoms with van der Waals surface area (Å²) in [7, 11) is 0. The zero-order valence-electron chi connectivity index (χ0n) is 11.3. The zero-order valence-corrected chi connectivity index (χ0v) is 12.1. The van der Waals surface area contributed by atoms with Crippen LogP contribution in [-0.4, -0.2) is 11.9 Å². The molecule has 0 radical (unpaired) electrons. The van der Waals surface area contributed by atoms with Gasteiger partial charge in [0.15, 0.2) is 0 Å². The molecule has 3 heteroatoms. The van der Waals surface area contributed by atoms with Crippen molar-refractivity contribution in [1.29, 1.82) is 0 Å². The summed E-state index contributed by atoms with van der Waals surface area (Å²) in [4.78, 5) is 1.28. The molecule has 0 aliphatic heterocycles. The molecule has 18 heavy (non-hydrogen) atoms. The fourth-order valence-electron chi connectivity index (χ4n) is 2.55. The largest absolute Gasteiger partial charge is 0.492 e. The maximum atomic E-state index is 5.90. The Morgan fingerprint density at radius 2 is 2.22 bits per heavy atom. The van der Waals surface area contributed by atoms with Crippen LogP contribution >= 0.6 is 11.8 Å². The minimum Gasteiger partial charge on any atom is -0.492 e. The number of thioether (sulfide) groups is 1. The van der Waals surface area contributed by atoms with Crippen LogP contribution in [0, 0.1) is 5.92 Å². The fraction of sp³-hybridized carbons (Fsp3) is 0.600. The average Bonchev–Trinajstić information content (AvgIpc) is 2.34. The van der Waals surface area contributed by atoms with Gasteiger partial charge in [0.25, 0.3) is 0 Å². The molecule has 2 atom stereocenters. The van der Waals surface area contributed by atoms with Gasteiger partial charge in [-0.05, 0) is 43.9 Å². The summed E-state index contributed by atoms with van der Waals surface area (Å²) in [5.74, 6) is 1.70. The van der Waals surface area contributed by atoms with Gasteiger partial charge in [-0.15, -0.1) is 11.8 Å². The quantitative estimate of drug-likeness (QED) is 0.823. The van der Waals surface area contributed by atoms with Gasteiger partial charge in [-0.3, -0.25) is 0 Å². The lowest BCUT2D eigenvalue weighted by Gasteiger charge is -2.26. The number of benzene rings is 1. The summed E-state index contributed by atoms with van der Waals surface area (Å²) >= 11 is 1.98. The third-order valence-corrected chi connectivity index (χ3v) is 4.76. The van der Waals surface area contributed by atoms with Gasteiger partial charge in [-0.2, -0.15) is 0 Å². The molecule has 1 aromatic carbocycles. The number of nitrogen functional groups attached to an aromatic ring is 1. The molecule has 1 saturated carbocycles. The molecule has 0 spiro atoms. The Balaban J connectivity index is 2.02. The van der Waals surface area contributed by atoms with Gasteiger partial charge in [0.05, 0.1) is 12.3 Å². The van der Waals surface area contributed by atoms with Crippen molar-refractivity contribution in [3.05, 3.63) is 18.2 Å². The maximum absolute atomic E-state index is 5.90. The highest BCUT2D eigenvalue weighted by Crippen LogP contribution is 2.38. The van der Waals surface area contributed by atoms with Crippen molar-refractivity contribution < 1.29 is 4.74 Å². The van der Waals surface area contributed by atoms with Gasteiger partial charge in [-0.1, -0.05) is 19.8 Å². The van der Waals surface area contributed by atoms with E-state index >= 15 is 0 Å². The molecule has 1 aromatic rings. The van der Waals surface area contributed by atoms with Gasteiger partial charge in [-0.25, -0.2) is 0 Å².